The van der Waals surface area contributed by atoms with Crippen molar-refractivity contribution in [3.63, 3.8) is 0 Å². The summed E-state index contributed by atoms with van der Waals surface area (Å²) in [5.41, 5.74) is 0.552. The van der Waals surface area contributed by atoms with Gasteiger partial charge >= 0.3 is 0 Å². The number of pyridine rings is 1. The van der Waals surface area contributed by atoms with E-state index < -0.39 is 0 Å². The largest absolute Gasteiger partial charge is 0.394 e. The predicted octanol–water partition coefficient (Wildman–Crippen LogP) is 1.21. The van der Waals surface area contributed by atoms with Crippen LogP contribution in [-0.4, -0.2) is 47.6 Å². The normalized spacial score (nSPS) is 12.3. The van der Waals surface area contributed by atoms with E-state index in [-0.39, 0.29) is 18.6 Å². The first-order chi connectivity index (χ1) is 8.45. The van der Waals surface area contributed by atoms with Gasteiger partial charge in [0.2, 0.25) is 0 Å². The zero-order valence-electron chi connectivity index (χ0n) is 11.3. The molecule has 1 aromatic rings. The molecule has 18 heavy (non-hydrogen) atoms. The van der Waals surface area contributed by atoms with Crippen LogP contribution in [0.15, 0.2) is 18.3 Å². The summed E-state index contributed by atoms with van der Waals surface area (Å²) in [6.07, 6.45) is 1.54. The van der Waals surface area contributed by atoms with Crippen LogP contribution in [0, 0.1) is 5.92 Å². The molecule has 0 spiro atoms. The molecule has 0 radical (unpaired) electrons. The third-order valence-corrected chi connectivity index (χ3v) is 2.75. The number of anilines is 1. The summed E-state index contributed by atoms with van der Waals surface area (Å²) in [4.78, 5) is 17.4. The van der Waals surface area contributed by atoms with Gasteiger partial charge in [-0.1, -0.05) is 13.8 Å². The van der Waals surface area contributed by atoms with Gasteiger partial charge in [0.1, 0.15) is 5.82 Å². The molecule has 0 fully saturated rings. The molecule has 0 saturated heterocycles. The van der Waals surface area contributed by atoms with Crippen molar-refractivity contribution in [1.82, 2.24) is 9.88 Å². The number of aliphatic hydroxyl groups is 1. The second-order valence-corrected chi connectivity index (χ2v) is 4.81. The van der Waals surface area contributed by atoms with Crippen LogP contribution in [-0.2, 0) is 0 Å². The Morgan fingerprint density at radius 1 is 1.44 bits per heavy atom. The summed E-state index contributed by atoms with van der Waals surface area (Å²) in [6.45, 7) is 4.10. The Morgan fingerprint density at radius 2 is 2.11 bits per heavy atom. The van der Waals surface area contributed by atoms with Crippen LogP contribution in [0.1, 0.15) is 24.2 Å². The summed E-state index contributed by atoms with van der Waals surface area (Å²) in [6, 6.07) is 3.45. The zero-order chi connectivity index (χ0) is 13.7. The van der Waals surface area contributed by atoms with E-state index in [0.29, 0.717) is 17.3 Å². The lowest BCUT2D eigenvalue weighted by Crippen LogP contribution is -2.30. The predicted molar refractivity (Wildman–Crippen MR) is 71.6 cm³/mol. The second-order valence-electron chi connectivity index (χ2n) is 4.81. The summed E-state index contributed by atoms with van der Waals surface area (Å²) in [5, 5.41) is 12.4. The highest BCUT2D eigenvalue weighted by atomic mass is 16.3. The van der Waals surface area contributed by atoms with E-state index in [9.17, 15) is 9.90 Å². The van der Waals surface area contributed by atoms with Gasteiger partial charge in [-0.05, 0) is 18.1 Å². The standard InChI is InChI=1S/C13H21N3O2/c1-9(2)11(8-17)15-12-6-5-10(7-14-12)13(18)16(3)4/h5-7,9,11,17H,8H2,1-4H3,(H,14,15)/t11-/m1/s1. The highest BCUT2D eigenvalue weighted by molar-refractivity contribution is 5.93. The van der Waals surface area contributed by atoms with E-state index >= 15 is 0 Å². The number of amides is 1. The minimum Gasteiger partial charge on any atom is -0.394 e. The molecule has 0 aliphatic heterocycles. The Balaban J connectivity index is 2.74. The second kappa shape index (κ2) is 6.35. The minimum atomic E-state index is -0.0726. The fourth-order valence-electron chi connectivity index (χ4n) is 1.48. The summed E-state index contributed by atoms with van der Waals surface area (Å²) < 4.78 is 0. The van der Waals surface area contributed by atoms with Gasteiger partial charge in [0.15, 0.2) is 0 Å². The molecule has 1 heterocycles. The van der Waals surface area contributed by atoms with Crippen molar-refractivity contribution in [2.75, 3.05) is 26.0 Å². The molecule has 1 amide bonds. The van der Waals surface area contributed by atoms with Gasteiger partial charge in [-0.15, -0.1) is 0 Å². The molecular weight excluding hydrogens is 230 g/mol. The highest BCUT2D eigenvalue weighted by Gasteiger charge is 2.13. The first-order valence-corrected chi connectivity index (χ1v) is 6.00. The Morgan fingerprint density at radius 3 is 2.50 bits per heavy atom. The summed E-state index contributed by atoms with van der Waals surface area (Å²) in [7, 11) is 3.41. The Bertz CT molecular complexity index is 388. The van der Waals surface area contributed by atoms with Gasteiger partial charge in [-0.3, -0.25) is 4.79 Å². The number of aliphatic hydroxyl groups excluding tert-OH is 1. The average molecular weight is 251 g/mol. The third kappa shape index (κ3) is 3.70. The van der Waals surface area contributed by atoms with Crippen molar-refractivity contribution >= 4 is 11.7 Å². The number of carbonyl (C=O) groups excluding carboxylic acids is 1. The molecule has 5 heteroatoms. The van der Waals surface area contributed by atoms with Crippen molar-refractivity contribution in [2.45, 2.75) is 19.9 Å². The van der Waals surface area contributed by atoms with Gasteiger partial charge in [-0.2, -0.15) is 0 Å². The van der Waals surface area contributed by atoms with Gasteiger partial charge in [0.05, 0.1) is 18.2 Å². The fourth-order valence-corrected chi connectivity index (χ4v) is 1.48. The molecule has 0 aliphatic carbocycles. The molecule has 0 aliphatic rings. The van der Waals surface area contributed by atoms with Crippen LogP contribution in [0.2, 0.25) is 0 Å². The molecule has 1 atom stereocenters. The molecule has 1 rings (SSSR count). The van der Waals surface area contributed by atoms with Gasteiger partial charge in [0.25, 0.3) is 5.91 Å². The first-order valence-electron chi connectivity index (χ1n) is 6.00. The number of carbonyl (C=O) groups is 1. The molecule has 2 N–H and O–H groups in total. The van der Waals surface area contributed by atoms with E-state index in [1.54, 1.807) is 32.4 Å². The zero-order valence-corrected chi connectivity index (χ0v) is 11.3. The van der Waals surface area contributed by atoms with Gasteiger partial charge < -0.3 is 15.3 Å². The van der Waals surface area contributed by atoms with Crippen molar-refractivity contribution in [1.29, 1.82) is 0 Å². The smallest absolute Gasteiger partial charge is 0.254 e. The maximum Gasteiger partial charge on any atom is 0.254 e. The monoisotopic (exact) mass is 251 g/mol. The maximum absolute atomic E-state index is 11.7. The third-order valence-electron chi connectivity index (χ3n) is 2.75. The van der Waals surface area contributed by atoms with Gasteiger partial charge in [0, 0.05) is 20.3 Å². The van der Waals surface area contributed by atoms with Crippen molar-refractivity contribution in [3.05, 3.63) is 23.9 Å². The molecule has 0 saturated carbocycles. The molecule has 0 unspecified atom stereocenters. The van der Waals surface area contributed by atoms with Crippen LogP contribution >= 0.6 is 0 Å². The lowest BCUT2D eigenvalue weighted by atomic mass is 10.1. The van der Waals surface area contributed by atoms with Gasteiger partial charge in [-0.25, -0.2) is 4.98 Å². The molecule has 0 bridgehead atoms. The highest BCUT2D eigenvalue weighted by Crippen LogP contribution is 2.11. The molecule has 5 nitrogen and oxygen atoms in total. The van der Waals surface area contributed by atoms with Crippen LogP contribution in [0.4, 0.5) is 5.82 Å². The number of nitrogens with one attached hydrogen (secondary N) is 1. The van der Waals surface area contributed by atoms with E-state index in [0.717, 1.165) is 0 Å². The fraction of sp³-hybridized carbons (Fsp3) is 0.538. The lowest BCUT2D eigenvalue weighted by molar-refractivity contribution is 0.0827. The van der Waals surface area contributed by atoms with Crippen molar-refractivity contribution < 1.29 is 9.90 Å². The van der Waals surface area contributed by atoms with E-state index in [1.807, 2.05) is 13.8 Å². The number of nitrogens with zero attached hydrogens (tertiary/aromatic N) is 2. The number of hydrogen-bond acceptors (Lipinski definition) is 4. The maximum atomic E-state index is 11.7. The molecule has 0 aromatic carbocycles. The van der Waals surface area contributed by atoms with E-state index in [2.05, 4.69) is 10.3 Å². The quantitative estimate of drug-likeness (QED) is 0.825. The molecular formula is C13H21N3O2. The first kappa shape index (κ1) is 14.4. The van der Waals surface area contributed by atoms with E-state index in [4.69, 9.17) is 0 Å². The van der Waals surface area contributed by atoms with Crippen LogP contribution in [0.3, 0.4) is 0 Å². The summed E-state index contributed by atoms with van der Waals surface area (Å²) in [5.74, 6) is 0.898. The van der Waals surface area contributed by atoms with Crippen molar-refractivity contribution in [3.8, 4) is 0 Å². The lowest BCUT2D eigenvalue weighted by Gasteiger charge is -2.20. The van der Waals surface area contributed by atoms with E-state index in [1.165, 1.54) is 4.90 Å². The Hall–Kier alpha value is -1.62. The number of hydrogen-bond donors (Lipinski definition) is 2. The average Bonchev–Trinajstić information content (AvgIpc) is 2.35. The summed E-state index contributed by atoms with van der Waals surface area (Å²) >= 11 is 0. The number of aromatic nitrogens is 1. The van der Waals surface area contributed by atoms with Crippen LogP contribution in [0.5, 0.6) is 0 Å². The minimum absolute atomic E-state index is 0.0344. The molecule has 1 aromatic heterocycles. The van der Waals surface area contributed by atoms with Crippen LogP contribution in [0.25, 0.3) is 0 Å². The van der Waals surface area contributed by atoms with Crippen molar-refractivity contribution in [2.24, 2.45) is 5.92 Å². The van der Waals surface area contributed by atoms with Crippen LogP contribution < -0.4 is 5.32 Å². The molecule has 100 valence electrons. The number of rotatable bonds is 5. The SMILES string of the molecule is CC(C)[C@@H](CO)Nc1ccc(C(=O)N(C)C)cn1. The Kier molecular flexibility index (Phi) is 5.09. The Labute approximate surface area is 108 Å². The topological polar surface area (TPSA) is 65.5 Å².